The van der Waals surface area contributed by atoms with Gasteiger partial charge in [-0.2, -0.15) is 13.2 Å². The molecule has 19 aromatic rings. The Balaban J connectivity index is 1.24. The van der Waals surface area contributed by atoms with Crippen molar-refractivity contribution in [2.24, 2.45) is 0 Å². The third-order valence-corrected chi connectivity index (χ3v) is 18.8. The van der Waals surface area contributed by atoms with Crippen molar-refractivity contribution in [3.63, 3.8) is 0 Å². The van der Waals surface area contributed by atoms with Crippen LogP contribution in [0.1, 0.15) is 5.56 Å². The quantitative estimate of drug-likeness (QED) is 0.152. The Labute approximate surface area is 512 Å². The van der Waals surface area contributed by atoms with Gasteiger partial charge in [0.05, 0.1) is 83.5 Å². The molecule has 0 saturated heterocycles. The van der Waals surface area contributed by atoms with E-state index in [0.717, 1.165) is 143 Å². The molecule has 13 aromatic carbocycles. The average Bonchev–Trinajstić information content (AvgIpc) is 1.44. The van der Waals surface area contributed by atoms with Crippen molar-refractivity contribution in [2.75, 3.05) is 0 Å². The van der Waals surface area contributed by atoms with Gasteiger partial charge in [0.2, 0.25) is 0 Å². The van der Waals surface area contributed by atoms with Crippen molar-refractivity contribution in [2.45, 2.75) is 6.18 Å². The number of hydrogen-bond acceptors (Lipinski definition) is 0. The summed E-state index contributed by atoms with van der Waals surface area (Å²) in [5.41, 5.74) is 15.0. The minimum Gasteiger partial charge on any atom is -0.306 e. The van der Waals surface area contributed by atoms with Crippen LogP contribution in [0, 0.1) is 0 Å². The Morgan fingerprint density at radius 3 is 0.822 bits per heavy atom. The van der Waals surface area contributed by atoms with Gasteiger partial charge < -0.3 is 18.3 Å². The Hall–Kier alpha value is -11.8. The van der Waals surface area contributed by atoms with E-state index in [4.69, 9.17) is 0 Å². The molecule has 6 heterocycles. The van der Waals surface area contributed by atoms with Crippen molar-refractivity contribution >= 4 is 120 Å². The molecule has 90 heavy (non-hydrogen) atoms. The number of fused-ring (bicyclic) bond motifs is 17. The van der Waals surface area contributed by atoms with Gasteiger partial charge in [0, 0.05) is 70.5 Å². The van der Waals surface area contributed by atoms with E-state index in [1.54, 1.807) is 6.07 Å². The third-order valence-electron chi connectivity index (χ3n) is 18.8. The number of para-hydroxylation sites is 11. The normalized spacial score (nSPS) is 12.4. The lowest BCUT2D eigenvalue weighted by Crippen LogP contribution is -2.19. The van der Waals surface area contributed by atoms with Crippen LogP contribution < -0.4 is 0 Å². The van der Waals surface area contributed by atoms with Crippen LogP contribution in [-0.2, 0) is 6.18 Å². The molecule has 0 aliphatic rings. The highest BCUT2D eigenvalue weighted by Crippen LogP contribution is 2.55. The fourth-order valence-corrected chi connectivity index (χ4v) is 15.3. The van der Waals surface area contributed by atoms with Crippen LogP contribution in [0.2, 0.25) is 0 Å². The highest BCUT2D eigenvalue weighted by molar-refractivity contribution is 6.24. The first-order chi connectivity index (χ1) is 44.4. The molecule has 6 nitrogen and oxygen atoms in total. The van der Waals surface area contributed by atoms with Crippen LogP contribution in [0.15, 0.2) is 297 Å². The van der Waals surface area contributed by atoms with Crippen molar-refractivity contribution in [1.82, 2.24) is 27.4 Å². The molecule has 424 valence electrons. The molecule has 0 N–H and O–H groups in total. The van der Waals surface area contributed by atoms with Crippen molar-refractivity contribution < 1.29 is 13.2 Å². The van der Waals surface area contributed by atoms with E-state index in [1.165, 1.54) is 12.1 Å². The zero-order valence-corrected chi connectivity index (χ0v) is 48.1. The summed E-state index contributed by atoms with van der Waals surface area (Å²) in [7, 11) is 0. The van der Waals surface area contributed by atoms with Gasteiger partial charge in [0.25, 0.3) is 0 Å². The fourth-order valence-electron chi connectivity index (χ4n) is 15.3. The molecule has 0 aliphatic carbocycles. The van der Waals surface area contributed by atoms with Crippen LogP contribution in [0.4, 0.5) is 13.2 Å². The highest BCUT2D eigenvalue weighted by atomic mass is 19.4. The summed E-state index contributed by atoms with van der Waals surface area (Å²) < 4.78 is 63.0. The highest BCUT2D eigenvalue weighted by Gasteiger charge is 2.39. The number of nitrogens with zero attached hydrogens (tertiary/aromatic N) is 6. The van der Waals surface area contributed by atoms with Crippen molar-refractivity contribution in [3.05, 3.63) is 303 Å². The number of aromatic nitrogens is 6. The summed E-state index contributed by atoms with van der Waals surface area (Å²) in [6, 6.07) is 102. The molecule has 0 radical (unpaired) electrons. The van der Waals surface area contributed by atoms with E-state index in [9.17, 15) is 0 Å². The molecule has 0 spiro atoms. The second-order valence-corrected chi connectivity index (χ2v) is 23.4. The summed E-state index contributed by atoms with van der Waals surface area (Å²) in [6.07, 6.45) is -4.71. The molecule has 0 bridgehead atoms. The Morgan fingerprint density at radius 1 is 0.222 bits per heavy atom. The Morgan fingerprint density at radius 2 is 0.489 bits per heavy atom. The minimum absolute atomic E-state index is 0.384. The number of rotatable bonds is 7. The molecule has 0 saturated carbocycles. The van der Waals surface area contributed by atoms with E-state index in [1.807, 2.05) is 6.07 Å². The molecule has 0 amide bonds. The maximum Gasteiger partial charge on any atom is 0.416 e. The van der Waals surface area contributed by atoms with Crippen LogP contribution >= 0.6 is 0 Å². The van der Waals surface area contributed by atoms with Crippen LogP contribution in [-0.4, -0.2) is 27.4 Å². The Kier molecular flexibility index (Phi) is 10.5. The van der Waals surface area contributed by atoms with Gasteiger partial charge in [-0.1, -0.05) is 212 Å². The van der Waals surface area contributed by atoms with Gasteiger partial charge in [-0.15, -0.1) is 0 Å². The molecular weight excluding hydrogens is 1110 g/mol. The van der Waals surface area contributed by atoms with Crippen LogP contribution in [0.3, 0.4) is 0 Å². The fraction of sp³-hybridized carbons (Fsp3) is 0.0123. The van der Waals surface area contributed by atoms with Gasteiger partial charge in [-0.05, 0) is 90.5 Å². The molecule has 6 aromatic heterocycles. The first kappa shape index (κ1) is 50.4. The molecular formula is C81H49F3N6. The second kappa shape index (κ2) is 18.8. The minimum atomic E-state index is -4.71. The van der Waals surface area contributed by atoms with Gasteiger partial charge in [0.15, 0.2) is 0 Å². The standard InChI is InChI=1S/C81H49F3N6/c82-81(83,84)51-26-24-25-50(49-51)73-75(86-63-39-14-4-29-53(63)54-30-5-15-40-64(54)86)77(88-67-43-18-8-33-57(67)58-34-9-19-44-68(58)88)79(90-72-48-23-13-38-62(72)74-61-37-12-22-47-71(61)85(80(74)90)52-27-2-1-3-28-52)78(89-69-45-20-10-35-59(69)60-36-11-21-46-70(60)89)76(73)87-65-41-16-6-31-55(65)56-32-7-17-42-66(56)87/h1-49H. The average molecular weight is 1160 g/mol. The van der Waals surface area contributed by atoms with Crippen molar-refractivity contribution in [3.8, 4) is 45.3 Å². The van der Waals surface area contributed by atoms with Gasteiger partial charge in [0.1, 0.15) is 11.3 Å². The summed E-state index contributed by atoms with van der Waals surface area (Å²) in [4.78, 5) is 0. The summed E-state index contributed by atoms with van der Waals surface area (Å²) in [6.45, 7) is 0. The number of hydrogen-bond donors (Lipinski definition) is 0. The number of alkyl halides is 3. The molecule has 0 atom stereocenters. The van der Waals surface area contributed by atoms with Gasteiger partial charge >= 0.3 is 6.18 Å². The van der Waals surface area contributed by atoms with E-state index in [0.29, 0.717) is 22.5 Å². The molecule has 0 fully saturated rings. The van der Waals surface area contributed by atoms with Gasteiger partial charge in [-0.25, -0.2) is 0 Å². The van der Waals surface area contributed by atoms with Gasteiger partial charge in [-0.3, -0.25) is 9.13 Å². The summed E-state index contributed by atoms with van der Waals surface area (Å²) in [5.74, 6) is 0. The van der Waals surface area contributed by atoms with E-state index in [2.05, 4.69) is 300 Å². The molecule has 19 rings (SSSR count). The largest absolute Gasteiger partial charge is 0.416 e. The molecule has 0 aliphatic heterocycles. The van der Waals surface area contributed by atoms with E-state index < -0.39 is 11.7 Å². The van der Waals surface area contributed by atoms with Crippen molar-refractivity contribution in [1.29, 1.82) is 0 Å². The zero-order valence-electron chi connectivity index (χ0n) is 48.1. The first-order valence-corrected chi connectivity index (χ1v) is 30.3. The SMILES string of the molecule is FC(F)(F)c1cccc(-c2c(-n3c4ccccc4c4ccccc43)c(-n3c4ccccc4c4ccccc43)c(-n3c4ccccc4c4c5ccccc5n(-c5ccccc5)c43)c(-n3c4ccccc4c4ccccc43)c2-n2c3ccccc3c3ccccc32)c1. The van der Waals surface area contributed by atoms with E-state index in [-0.39, 0.29) is 0 Å². The monoisotopic (exact) mass is 1160 g/mol. The zero-order chi connectivity index (χ0) is 59.5. The lowest BCUT2D eigenvalue weighted by molar-refractivity contribution is -0.137. The second-order valence-electron chi connectivity index (χ2n) is 23.4. The van der Waals surface area contributed by atoms with Crippen LogP contribution in [0.25, 0.3) is 165 Å². The van der Waals surface area contributed by atoms with E-state index >= 15 is 13.2 Å². The van der Waals surface area contributed by atoms with Crippen LogP contribution in [0.5, 0.6) is 0 Å². The third kappa shape index (κ3) is 6.88. The lowest BCUT2D eigenvalue weighted by Gasteiger charge is -2.32. The first-order valence-electron chi connectivity index (χ1n) is 30.3. The predicted octanol–water partition coefficient (Wildman–Crippen LogP) is 21.8. The lowest BCUT2D eigenvalue weighted by atomic mass is 9.93. The summed E-state index contributed by atoms with van der Waals surface area (Å²) in [5, 5.41) is 11.3. The number of benzene rings is 13. The number of halogens is 3. The smallest absolute Gasteiger partial charge is 0.306 e. The topological polar surface area (TPSA) is 29.6 Å². The molecule has 9 heteroatoms. The molecule has 0 unspecified atom stereocenters. The maximum atomic E-state index is 16.2. The Bertz CT molecular complexity index is 5750. The maximum absolute atomic E-state index is 16.2. The predicted molar refractivity (Wildman–Crippen MR) is 365 cm³/mol. The summed E-state index contributed by atoms with van der Waals surface area (Å²) >= 11 is 0.